The van der Waals surface area contributed by atoms with Gasteiger partial charge in [0.15, 0.2) is 0 Å². The molecule has 0 radical (unpaired) electrons. The standard InChI is InChI=1S/C15H26NO4.3C4H9.Sn/c1-5-6-7-14(19-11-18-4)13-10-16(3)9-8-15(13)20-12(2)17;3*1-3-4-2;/h1,5,13-15H,6-11H2,2-4H3;3*1,3-4H2,2H3;/i3+2;;;;. The van der Waals surface area contributed by atoms with Gasteiger partial charge in [-0.05, 0) is 0 Å². The fourth-order valence-electron chi connectivity index (χ4n) is 5.23. The summed E-state index contributed by atoms with van der Waals surface area (Å²) in [7, 11) is 3.81. The number of likely N-dealkylation sites (tertiary alicyclic amines) is 1. The van der Waals surface area contributed by atoms with Crippen molar-refractivity contribution in [2.24, 2.45) is 5.92 Å². The number of allylic oxidation sites excluding steroid dienone is 1. The number of piperidine rings is 1. The monoisotopic (exact) mass is 577 g/mol. The van der Waals surface area contributed by atoms with Gasteiger partial charge in [-0.15, -0.1) is 0 Å². The number of methoxy groups -OCH3 is 1. The van der Waals surface area contributed by atoms with Gasteiger partial charge < -0.3 is 0 Å². The first-order chi connectivity index (χ1) is 15.9. The van der Waals surface area contributed by atoms with Gasteiger partial charge in [0.25, 0.3) is 0 Å². The molecule has 0 aromatic heterocycles. The van der Waals surface area contributed by atoms with E-state index in [0.29, 0.717) is 0 Å². The van der Waals surface area contributed by atoms with Crippen molar-refractivity contribution in [3.05, 3.63) is 10.2 Å². The van der Waals surface area contributed by atoms with Gasteiger partial charge in [0, 0.05) is 0 Å². The van der Waals surface area contributed by atoms with Gasteiger partial charge in [0.1, 0.15) is 0 Å². The van der Waals surface area contributed by atoms with E-state index in [1.54, 1.807) is 7.11 Å². The maximum absolute atomic E-state index is 11.7. The second kappa shape index (κ2) is 18.2. The number of hydrogen-bond acceptors (Lipinski definition) is 5. The van der Waals surface area contributed by atoms with Crippen molar-refractivity contribution in [1.82, 2.24) is 4.90 Å². The molecule has 194 valence electrons. The number of ether oxygens (including phenoxy) is 3. The van der Waals surface area contributed by atoms with Crippen LogP contribution in [-0.2, 0) is 19.0 Å². The summed E-state index contributed by atoms with van der Waals surface area (Å²) in [6, 6.07) is 0. The Hall–Kier alpha value is -0.111. The quantitative estimate of drug-likeness (QED) is 0.105. The van der Waals surface area contributed by atoms with Crippen LogP contribution in [0.5, 0.6) is 0 Å². The molecule has 1 aliphatic heterocycles. The molecule has 1 saturated heterocycles. The second-order valence-corrected chi connectivity index (χ2v) is 23.1. The fraction of sp³-hybridized carbons (Fsp3) is 0.889. The predicted molar refractivity (Wildman–Crippen MR) is 141 cm³/mol. The van der Waals surface area contributed by atoms with Crippen LogP contribution in [0.25, 0.3) is 0 Å². The Morgan fingerprint density at radius 3 is 2.24 bits per heavy atom. The van der Waals surface area contributed by atoms with Crippen molar-refractivity contribution >= 4 is 24.3 Å². The molecule has 0 aromatic rings. The summed E-state index contributed by atoms with van der Waals surface area (Å²) in [4.78, 5) is 14.0. The van der Waals surface area contributed by atoms with Gasteiger partial charge in [-0.1, -0.05) is 0 Å². The molecule has 1 fully saturated rings. The molecular weight excluding hydrogens is 523 g/mol. The van der Waals surface area contributed by atoms with Crippen LogP contribution < -0.4 is 0 Å². The number of nitrogens with zero attached hydrogens (tertiary/aromatic N) is 1. The average Bonchev–Trinajstić information content (AvgIpc) is 2.80. The maximum atomic E-state index is 11.7. The normalized spacial score (nSPS) is 20.9. The third-order valence-corrected chi connectivity index (χ3v) is 21.4. The summed E-state index contributed by atoms with van der Waals surface area (Å²) in [6.07, 6.45) is 13.4. The van der Waals surface area contributed by atoms with Crippen LogP contribution in [0.3, 0.4) is 0 Å². The van der Waals surface area contributed by atoms with E-state index >= 15 is 0 Å². The van der Waals surface area contributed by atoms with E-state index in [-0.39, 0.29) is 30.9 Å². The summed E-state index contributed by atoms with van der Waals surface area (Å²) < 4.78 is 24.4. The number of unbranched alkanes of at least 4 members (excludes halogenated alkanes) is 3. The van der Waals surface area contributed by atoms with Crippen molar-refractivity contribution in [2.45, 2.75) is 111 Å². The van der Waals surface area contributed by atoms with Gasteiger partial charge in [-0.2, -0.15) is 0 Å². The van der Waals surface area contributed by atoms with Gasteiger partial charge >= 0.3 is 209 Å². The molecule has 0 N–H and O–H groups in total. The molecule has 3 unspecified atom stereocenters. The van der Waals surface area contributed by atoms with Crippen LogP contribution >= 0.6 is 0 Å². The zero-order valence-corrected chi connectivity index (χ0v) is 25.4. The number of carbonyl (C=O) groups excluding carboxylic acids is 1. The van der Waals surface area contributed by atoms with Crippen LogP contribution in [0.1, 0.15) is 85.5 Å². The van der Waals surface area contributed by atoms with Crippen molar-refractivity contribution in [1.29, 1.82) is 0 Å². The zero-order valence-electron chi connectivity index (χ0n) is 22.6. The second-order valence-electron chi connectivity index (χ2n) is 10.1. The third kappa shape index (κ3) is 12.4. The molecule has 0 saturated carbocycles. The predicted octanol–water partition coefficient (Wildman–Crippen LogP) is 6.58. The van der Waals surface area contributed by atoms with E-state index < -0.39 is 18.4 Å². The molecule has 6 heteroatoms. The molecule has 1 aliphatic rings. The molecule has 1 rings (SSSR count). The molecule has 0 aromatic carbocycles. The first kappa shape index (κ1) is 30.9. The molecule has 0 aliphatic carbocycles. The van der Waals surface area contributed by atoms with Crippen molar-refractivity contribution in [3.8, 4) is 0 Å². The number of rotatable bonds is 18. The van der Waals surface area contributed by atoms with Gasteiger partial charge in [-0.25, -0.2) is 0 Å². The Kier molecular flexibility index (Phi) is 17.1. The number of carbonyl (C=O) groups is 1. The Bertz CT molecular complexity index is 520. The SMILES string of the molecule is CCC[CH2][Sn](/[CH]=C/CCC(OCOC)C1CN([14CH3])CCC1OC(C)=O)([CH2]CCC)[CH2]CCC. The number of esters is 1. The molecule has 0 amide bonds. The Morgan fingerprint density at radius 2 is 1.73 bits per heavy atom. The average molecular weight is 576 g/mol. The zero-order chi connectivity index (χ0) is 24.5. The Morgan fingerprint density at radius 1 is 1.12 bits per heavy atom. The van der Waals surface area contributed by atoms with E-state index in [4.69, 9.17) is 14.2 Å². The summed E-state index contributed by atoms with van der Waals surface area (Å²) in [5.74, 6) is -0.00804. The summed E-state index contributed by atoms with van der Waals surface area (Å²) in [6.45, 7) is 10.6. The van der Waals surface area contributed by atoms with Crippen molar-refractivity contribution in [3.63, 3.8) is 0 Å². The first-order valence-corrected chi connectivity index (χ1v) is 21.3. The summed E-state index contributed by atoms with van der Waals surface area (Å²) in [5.41, 5.74) is 0. The van der Waals surface area contributed by atoms with Crippen LogP contribution in [-0.4, -0.2) is 75.5 Å². The van der Waals surface area contributed by atoms with Crippen molar-refractivity contribution < 1.29 is 19.0 Å². The molecular formula is C27H53NO4Sn. The Balaban J connectivity index is 2.90. The number of hydrogen-bond donors (Lipinski definition) is 0. The van der Waals surface area contributed by atoms with Crippen molar-refractivity contribution in [2.75, 3.05) is 34.0 Å². The fourth-order valence-corrected chi connectivity index (χ4v) is 19.8. The van der Waals surface area contributed by atoms with Gasteiger partial charge in [0.05, 0.1) is 0 Å². The molecule has 3 atom stereocenters. The molecule has 5 nitrogen and oxygen atoms in total. The van der Waals surface area contributed by atoms with Gasteiger partial charge in [-0.3, -0.25) is 0 Å². The summed E-state index contributed by atoms with van der Waals surface area (Å²) in [5, 5.41) is 0. The van der Waals surface area contributed by atoms with E-state index in [2.05, 4.69) is 42.9 Å². The first-order valence-electron chi connectivity index (χ1n) is 13.5. The molecule has 0 bridgehead atoms. The minimum atomic E-state index is -2.24. The van der Waals surface area contributed by atoms with Crippen LogP contribution in [0, 0.1) is 5.92 Å². The topological polar surface area (TPSA) is 48.0 Å². The minimum absolute atomic E-state index is 0.0354. The van der Waals surface area contributed by atoms with E-state index in [1.165, 1.54) is 58.8 Å². The van der Waals surface area contributed by atoms with Crippen LogP contribution in [0.2, 0.25) is 13.3 Å². The summed E-state index contributed by atoms with van der Waals surface area (Å²) >= 11 is -2.24. The van der Waals surface area contributed by atoms with Gasteiger partial charge in [0.2, 0.25) is 0 Å². The van der Waals surface area contributed by atoms with Crippen LogP contribution in [0.15, 0.2) is 10.2 Å². The van der Waals surface area contributed by atoms with Crippen LogP contribution in [0.4, 0.5) is 0 Å². The molecule has 0 spiro atoms. The van der Waals surface area contributed by atoms with E-state index in [1.807, 2.05) is 0 Å². The van der Waals surface area contributed by atoms with E-state index in [0.717, 1.165) is 32.4 Å². The third-order valence-electron chi connectivity index (χ3n) is 7.16. The Labute approximate surface area is 208 Å². The van der Waals surface area contributed by atoms with E-state index in [9.17, 15) is 4.79 Å². The molecule has 33 heavy (non-hydrogen) atoms. The molecule has 1 heterocycles.